The minimum Gasteiger partial charge on any atom is -0.362 e. The molecule has 0 radical (unpaired) electrons. The largest absolute Gasteiger partial charge is 0.362 e. The van der Waals surface area contributed by atoms with E-state index in [0.29, 0.717) is 14.8 Å². The number of amides is 1. The van der Waals surface area contributed by atoms with Crippen LogP contribution in [0.25, 0.3) is 11.6 Å². The molecule has 3 nitrogen and oxygen atoms in total. The molecule has 25 heavy (non-hydrogen) atoms. The van der Waals surface area contributed by atoms with Gasteiger partial charge in [-0.2, -0.15) is 0 Å². The molecule has 3 rings (SSSR count). The third kappa shape index (κ3) is 3.37. The molecule has 1 saturated heterocycles. The lowest BCUT2D eigenvalue weighted by Crippen LogP contribution is -2.45. The third-order valence-corrected chi connectivity index (χ3v) is 5.63. The topological polar surface area (TPSA) is 32.3 Å². The van der Waals surface area contributed by atoms with Gasteiger partial charge in [-0.05, 0) is 51.0 Å². The molecule has 1 N–H and O–H groups in total. The zero-order valence-electron chi connectivity index (χ0n) is 14.8. The number of fused-ring (bicyclic) bond motifs is 1. The van der Waals surface area contributed by atoms with Crippen molar-refractivity contribution in [1.82, 2.24) is 5.32 Å². The van der Waals surface area contributed by atoms with Gasteiger partial charge in [0.15, 0.2) is 0 Å². The minimum absolute atomic E-state index is 0.160. The van der Waals surface area contributed by atoms with Crippen LogP contribution < -0.4 is 10.2 Å². The van der Waals surface area contributed by atoms with Gasteiger partial charge >= 0.3 is 0 Å². The average molecular weight is 377 g/mol. The minimum atomic E-state index is -0.330. The highest BCUT2D eigenvalue weighted by Crippen LogP contribution is 2.41. The van der Waals surface area contributed by atoms with Crippen molar-refractivity contribution in [2.24, 2.45) is 0 Å². The number of halogens is 1. The van der Waals surface area contributed by atoms with Gasteiger partial charge in [0.1, 0.15) is 10.1 Å². The first-order valence-electron chi connectivity index (χ1n) is 8.29. The molecule has 0 aliphatic carbocycles. The molecule has 6 heteroatoms. The SMILES string of the molecule is CCCN1c2cc(F)c(/C=C3\SC(=S)NC3=O)cc2C(C)=CC1(C)C. The first kappa shape index (κ1) is 18.1. The number of thiocarbonyl (C=S) groups is 1. The van der Waals surface area contributed by atoms with E-state index in [1.807, 2.05) is 13.0 Å². The lowest BCUT2D eigenvalue weighted by Gasteiger charge is -2.43. The van der Waals surface area contributed by atoms with E-state index in [9.17, 15) is 9.18 Å². The summed E-state index contributed by atoms with van der Waals surface area (Å²) in [4.78, 5) is 14.5. The molecule has 0 atom stereocenters. The highest BCUT2D eigenvalue weighted by atomic mass is 32.2. The molecule has 132 valence electrons. The van der Waals surface area contributed by atoms with Crippen LogP contribution in [0.15, 0.2) is 23.1 Å². The van der Waals surface area contributed by atoms with Crippen LogP contribution in [-0.2, 0) is 4.79 Å². The van der Waals surface area contributed by atoms with E-state index in [1.165, 1.54) is 0 Å². The molecule has 0 bridgehead atoms. The fourth-order valence-corrected chi connectivity index (χ4v) is 4.45. The molecule has 1 aromatic rings. The Morgan fingerprint density at radius 1 is 1.40 bits per heavy atom. The van der Waals surface area contributed by atoms with Gasteiger partial charge in [0.05, 0.1) is 10.4 Å². The summed E-state index contributed by atoms with van der Waals surface area (Å²) >= 11 is 6.15. The summed E-state index contributed by atoms with van der Waals surface area (Å²) in [5.74, 6) is -0.600. The number of benzene rings is 1. The van der Waals surface area contributed by atoms with E-state index in [4.69, 9.17) is 12.2 Å². The molecule has 2 heterocycles. The van der Waals surface area contributed by atoms with Crippen molar-refractivity contribution in [3.8, 4) is 0 Å². The molecule has 1 amide bonds. The summed E-state index contributed by atoms with van der Waals surface area (Å²) in [6, 6.07) is 3.42. The van der Waals surface area contributed by atoms with E-state index in [0.717, 1.165) is 41.6 Å². The molecule has 1 fully saturated rings. The Balaban J connectivity index is 2.10. The van der Waals surface area contributed by atoms with Crippen molar-refractivity contribution in [2.75, 3.05) is 11.4 Å². The second-order valence-corrected chi connectivity index (χ2v) is 8.59. The number of nitrogens with one attached hydrogen (secondary N) is 1. The highest BCUT2D eigenvalue weighted by Gasteiger charge is 2.31. The normalized spacial score (nSPS) is 20.6. The van der Waals surface area contributed by atoms with E-state index in [1.54, 1.807) is 12.1 Å². The first-order chi connectivity index (χ1) is 11.7. The summed E-state index contributed by atoms with van der Waals surface area (Å²) in [6.07, 6.45) is 4.77. The smallest absolute Gasteiger partial charge is 0.263 e. The first-order valence-corrected chi connectivity index (χ1v) is 9.51. The zero-order valence-corrected chi connectivity index (χ0v) is 16.4. The number of rotatable bonds is 3. The average Bonchev–Trinajstić information content (AvgIpc) is 2.82. The fraction of sp³-hybridized carbons (Fsp3) is 0.368. The quantitative estimate of drug-likeness (QED) is 0.611. The van der Waals surface area contributed by atoms with Gasteiger partial charge in [0.25, 0.3) is 5.91 Å². The molecule has 0 unspecified atom stereocenters. The van der Waals surface area contributed by atoms with Gasteiger partial charge in [0, 0.05) is 23.4 Å². The monoisotopic (exact) mass is 376 g/mol. The lowest BCUT2D eigenvalue weighted by molar-refractivity contribution is -0.115. The van der Waals surface area contributed by atoms with Crippen LogP contribution in [0.5, 0.6) is 0 Å². The van der Waals surface area contributed by atoms with Crippen molar-refractivity contribution in [2.45, 2.75) is 39.7 Å². The Morgan fingerprint density at radius 2 is 2.12 bits per heavy atom. The number of allylic oxidation sites excluding steroid dienone is 1. The van der Waals surface area contributed by atoms with Crippen LogP contribution in [0.4, 0.5) is 10.1 Å². The standard InChI is InChI=1S/C19H21FN2OS2/c1-5-6-22-15-9-14(20)12(8-16-17(23)21-18(24)25-16)7-13(15)11(2)10-19(22,3)4/h7-10H,5-6H2,1-4H3,(H,21,23,24)/b16-8-. The number of hydrogen-bond acceptors (Lipinski definition) is 4. The Hall–Kier alpha value is -1.66. The van der Waals surface area contributed by atoms with Crippen LogP contribution in [0.2, 0.25) is 0 Å². The second-order valence-electron chi connectivity index (χ2n) is 6.88. The van der Waals surface area contributed by atoms with Crippen LogP contribution in [-0.4, -0.2) is 22.3 Å². The number of hydrogen-bond donors (Lipinski definition) is 1. The Kier molecular flexibility index (Phi) is 4.77. The maximum absolute atomic E-state index is 14.8. The molecule has 0 spiro atoms. The summed E-state index contributed by atoms with van der Waals surface area (Å²) in [5, 5.41) is 2.56. The number of anilines is 1. The number of carbonyl (C=O) groups excluding carboxylic acids is 1. The lowest BCUT2D eigenvalue weighted by atomic mass is 9.87. The van der Waals surface area contributed by atoms with Crippen LogP contribution in [0, 0.1) is 5.82 Å². The molecule has 0 aromatic heterocycles. The summed E-state index contributed by atoms with van der Waals surface area (Å²) in [6.45, 7) is 9.31. The number of nitrogens with zero attached hydrogens (tertiary/aromatic N) is 1. The predicted octanol–water partition coefficient (Wildman–Crippen LogP) is 4.73. The number of thioether (sulfide) groups is 1. The van der Waals surface area contributed by atoms with Crippen molar-refractivity contribution in [3.05, 3.63) is 40.1 Å². The molecular weight excluding hydrogens is 355 g/mol. The molecule has 1 aromatic carbocycles. The maximum Gasteiger partial charge on any atom is 0.263 e. The number of carbonyl (C=O) groups is 1. The predicted molar refractivity (Wildman–Crippen MR) is 108 cm³/mol. The molecular formula is C19H21FN2OS2. The van der Waals surface area contributed by atoms with Crippen molar-refractivity contribution in [1.29, 1.82) is 0 Å². The third-order valence-electron chi connectivity index (χ3n) is 4.47. The molecule has 2 aliphatic rings. The van der Waals surface area contributed by atoms with Crippen molar-refractivity contribution < 1.29 is 9.18 Å². The second kappa shape index (κ2) is 6.57. The molecule has 2 aliphatic heterocycles. The van der Waals surface area contributed by atoms with E-state index in [2.05, 4.69) is 37.1 Å². The van der Waals surface area contributed by atoms with Crippen LogP contribution in [0.1, 0.15) is 45.2 Å². The zero-order chi connectivity index (χ0) is 18.4. The maximum atomic E-state index is 14.8. The fourth-order valence-electron chi connectivity index (χ4n) is 3.42. The Labute approximate surface area is 157 Å². The van der Waals surface area contributed by atoms with Gasteiger partial charge in [0.2, 0.25) is 0 Å². The summed E-state index contributed by atoms with van der Waals surface area (Å²) in [5.41, 5.74) is 3.28. The van der Waals surface area contributed by atoms with Gasteiger partial charge in [-0.25, -0.2) is 4.39 Å². The van der Waals surface area contributed by atoms with Gasteiger partial charge < -0.3 is 10.2 Å². The van der Waals surface area contributed by atoms with Gasteiger partial charge in [-0.3, -0.25) is 4.79 Å². The summed E-state index contributed by atoms with van der Waals surface area (Å²) in [7, 11) is 0. The van der Waals surface area contributed by atoms with Gasteiger partial charge in [-0.1, -0.05) is 37.0 Å². The molecule has 0 saturated carbocycles. The van der Waals surface area contributed by atoms with E-state index in [-0.39, 0.29) is 17.3 Å². The van der Waals surface area contributed by atoms with Crippen molar-refractivity contribution in [3.63, 3.8) is 0 Å². The van der Waals surface area contributed by atoms with Crippen LogP contribution >= 0.6 is 24.0 Å². The van der Waals surface area contributed by atoms with E-state index >= 15 is 0 Å². The highest BCUT2D eigenvalue weighted by molar-refractivity contribution is 8.26. The van der Waals surface area contributed by atoms with Crippen LogP contribution in [0.3, 0.4) is 0 Å². The summed E-state index contributed by atoms with van der Waals surface area (Å²) < 4.78 is 15.2. The van der Waals surface area contributed by atoms with Gasteiger partial charge in [-0.15, -0.1) is 0 Å². The van der Waals surface area contributed by atoms with E-state index < -0.39 is 0 Å². The van der Waals surface area contributed by atoms with Crippen molar-refractivity contribution >= 4 is 51.5 Å². The Morgan fingerprint density at radius 3 is 2.72 bits per heavy atom. The Bertz CT molecular complexity index is 827.